The van der Waals surface area contributed by atoms with Gasteiger partial charge >= 0.3 is 0 Å². The molecule has 0 radical (unpaired) electrons. The molecule has 1 unspecified atom stereocenters. The highest BCUT2D eigenvalue weighted by atomic mass is 35.5. The van der Waals surface area contributed by atoms with E-state index in [9.17, 15) is 29.2 Å². The molecule has 2 aromatic carbocycles. The van der Waals surface area contributed by atoms with Gasteiger partial charge in [-0.15, -0.1) is 0 Å². The van der Waals surface area contributed by atoms with Crippen LogP contribution in [0.3, 0.4) is 0 Å². The highest BCUT2D eigenvalue weighted by Gasteiger charge is 2.42. The number of ether oxygens (including phenoxy) is 2. The number of imide groups is 1. The van der Waals surface area contributed by atoms with Gasteiger partial charge < -0.3 is 34.1 Å². The monoisotopic (exact) mass is 913 g/mol. The van der Waals surface area contributed by atoms with E-state index in [4.69, 9.17) is 26.1 Å². The number of rotatable bonds is 12. The maximum Gasteiger partial charge on any atom is 0.293 e. The van der Waals surface area contributed by atoms with Crippen molar-refractivity contribution in [2.75, 3.05) is 50.1 Å². The number of likely N-dealkylation sites (tertiary alicyclic amines) is 1. The second kappa shape index (κ2) is 18.3. The van der Waals surface area contributed by atoms with Crippen LogP contribution in [0.5, 0.6) is 5.75 Å². The first-order chi connectivity index (χ1) is 31.2. The van der Waals surface area contributed by atoms with Crippen molar-refractivity contribution < 1.29 is 38.2 Å². The second-order valence-corrected chi connectivity index (χ2v) is 18.4. The number of nitrogens with one attached hydrogen (secondary N) is 2. The summed E-state index contributed by atoms with van der Waals surface area (Å²) in [5.41, 5.74) is 2.24. The first kappa shape index (κ1) is 44.5. The molecule has 3 saturated heterocycles. The summed E-state index contributed by atoms with van der Waals surface area (Å²) in [7, 11) is 1.19. The molecule has 3 N–H and O–H groups in total. The number of carbonyl (C=O) groups is 4. The number of likely N-dealkylation sites (N-methyl/N-ethyl adjacent to an activating group) is 1. The van der Waals surface area contributed by atoms with Crippen molar-refractivity contribution in [3.8, 4) is 5.75 Å². The van der Waals surface area contributed by atoms with Gasteiger partial charge in [0.1, 0.15) is 16.9 Å². The summed E-state index contributed by atoms with van der Waals surface area (Å²) in [5.74, 6) is -1.26. The van der Waals surface area contributed by atoms with Crippen LogP contribution in [-0.4, -0.2) is 122 Å². The molecule has 65 heavy (non-hydrogen) atoms. The zero-order valence-electron chi connectivity index (χ0n) is 36.6. The normalized spacial score (nSPS) is 22.0. The lowest BCUT2D eigenvalue weighted by molar-refractivity contribution is -0.161. The number of halogens is 2. The number of pyridine rings is 1. The summed E-state index contributed by atoms with van der Waals surface area (Å²) in [6.07, 6.45) is 7.53. The van der Waals surface area contributed by atoms with Crippen LogP contribution in [0, 0.1) is 5.82 Å². The van der Waals surface area contributed by atoms with Crippen molar-refractivity contribution in [2.45, 2.75) is 108 Å². The molecular weight excluding hydrogens is 861 g/mol. The first-order valence-corrected chi connectivity index (χ1v) is 22.8. The minimum Gasteiger partial charge on any atom is -0.478 e. The van der Waals surface area contributed by atoms with E-state index in [-0.39, 0.29) is 72.5 Å². The molecule has 4 aliphatic heterocycles. The Morgan fingerprint density at radius 1 is 1.02 bits per heavy atom. The Hall–Kier alpha value is -5.69. The molecule has 1 atom stereocenters. The van der Waals surface area contributed by atoms with Crippen LogP contribution in [0.2, 0.25) is 5.02 Å². The lowest BCUT2D eigenvalue weighted by Gasteiger charge is -2.47. The van der Waals surface area contributed by atoms with Gasteiger partial charge in [-0.25, -0.2) is 14.4 Å². The standard InChI is InChI=1S/C46H53ClFN9O8/c1-25(2)57-36-7-4-28(18-27(36)19-38(45(57)62)64-24-40(59)53(3)63)50-42-35(47)22-49-46(52-42)55-16-12-30(13-17-55)65-31-20-29(21-31)54-14-10-26(11-15-54)32-5-6-33-34(41(32)48)23-56(44(33)61)37-8-9-39(58)51-43(37)60/h4-7,18-19,22,25-26,29-31,37,63H,8-17,20-21,23-24H2,1-3H3,(H,49,50,52)(H,51,58,60). The molecule has 0 bridgehead atoms. The third-order valence-corrected chi connectivity index (χ3v) is 13.8. The average molecular weight is 914 g/mol. The van der Waals surface area contributed by atoms with Gasteiger partial charge in [-0.05, 0) is 114 Å². The summed E-state index contributed by atoms with van der Waals surface area (Å²) in [6, 6.07) is 9.99. The number of aromatic nitrogens is 3. The van der Waals surface area contributed by atoms with Gasteiger partial charge in [0.2, 0.25) is 17.8 Å². The van der Waals surface area contributed by atoms with Crippen LogP contribution in [-0.2, 0) is 25.7 Å². The van der Waals surface area contributed by atoms with Crippen LogP contribution in [0.15, 0.2) is 47.4 Å². The number of carbonyl (C=O) groups excluding carboxylic acids is 4. The quantitative estimate of drug-likeness (QED) is 0.0945. The summed E-state index contributed by atoms with van der Waals surface area (Å²) in [6.45, 7) is 6.47. The number of hydrogen-bond acceptors (Lipinski definition) is 13. The van der Waals surface area contributed by atoms with Gasteiger partial charge in [0.15, 0.2) is 18.2 Å². The van der Waals surface area contributed by atoms with Crippen molar-refractivity contribution in [1.29, 1.82) is 0 Å². The van der Waals surface area contributed by atoms with E-state index in [1.54, 1.807) is 29.0 Å². The molecular formula is C46H53ClFN9O8. The molecule has 344 valence electrons. The zero-order chi connectivity index (χ0) is 45.7. The van der Waals surface area contributed by atoms with Crippen molar-refractivity contribution >= 4 is 63.6 Å². The Bertz CT molecular complexity index is 2590. The molecule has 4 aromatic rings. The van der Waals surface area contributed by atoms with Crippen molar-refractivity contribution in [1.82, 2.24) is 34.7 Å². The lowest BCUT2D eigenvalue weighted by Crippen LogP contribution is -2.52. The Morgan fingerprint density at radius 3 is 2.48 bits per heavy atom. The maximum atomic E-state index is 16.0. The van der Waals surface area contributed by atoms with E-state index < -0.39 is 24.5 Å². The van der Waals surface area contributed by atoms with Crippen LogP contribution in [0.4, 0.5) is 21.8 Å². The number of benzene rings is 2. The summed E-state index contributed by atoms with van der Waals surface area (Å²) >= 11 is 6.59. The van der Waals surface area contributed by atoms with E-state index in [0.717, 1.165) is 64.7 Å². The first-order valence-electron chi connectivity index (χ1n) is 22.4. The highest BCUT2D eigenvalue weighted by molar-refractivity contribution is 6.33. The number of fused-ring (bicyclic) bond motifs is 2. The Balaban J connectivity index is 0.747. The third-order valence-electron chi connectivity index (χ3n) is 13.6. The largest absolute Gasteiger partial charge is 0.478 e. The molecule has 6 heterocycles. The fourth-order valence-electron chi connectivity index (χ4n) is 9.91. The van der Waals surface area contributed by atoms with Crippen LogP contribution < -0.4 is 25.8 Å². The van der Waals surface area contributed by atoms with E-state index in [1.807, 2.05) is 32.0 Å². The summed E-state index contributed by atoms with van der Waals surface area (Å²) in [5, 5.41) is 16.5. The van der Waals surface area contributed by atoms with E-state index >= 15 is 4.39 Å². The fraction of sp³-hybridized carbons (Fsp3) is 0.500. The highest BCUT2D eigenvalue weighted by Crippen LogP contribution is 2.39. The van der Waals surface area contributed by atoms with Gasteiger partial charge in [-0.3, -0.25) is 34.5 Å². The van der Waals surface area contributed by atoms with Crippen molar-refractivity contribution in [3.63, 3.8) is 0 Å². The van der Waals surface area contributed by atoms with E-state index in [1.165, 1.54) is 11.9 Å². The predicted molar refractivity (Wildman–Crippen MR) is 238 cm³/mol. The molecule has 17 nitrogen and oxygen atoms in total. The van der Waals surface area contributed by atoms with Gasteiger partial charge in [-0.1, -0.05) is 17.7 Å². The molecule has 4 amide bonds. The second-order valence-electron chi connectivity index (χ2n) is 18.0. The van der Waals surface area contributed by atoms with E-state index in [2.05, 4.69) is 25.4 Å². The number of hydroxylamine groups is 2. The molecule has 2 aromatic heterocycles. The van der Waals surface area contributed by atoms with Crippen molar-refractivity contribution in [3.05, 3.63) is 80.5 Å². The zero-order valence-corrected chi connectivity index (χ0v) is 37.4. The average Bonchev–Trinajstić information content (AvgIpc) is 3.61. The number of amides is 4. The molecule has 0 spiro atoms. The third kappa shape index (κ3) is 9.00. The maximum absolute atomic E-state index is 16.0. The topological polar surface area (TPSA) is 192 Å². The van der Waals surface area contributed by atoms with Crippen LogP contribution in [0.25, 0.3) is 10.9 Å². The summed E-state index contributed by atoms with van der Waals surface area (Å²) < 4.78 is 29.7. The number of piperidine rings is 3. The Labute approximate surface area is 379 Å². The van der Waals surface area contributed by atoms with Gasteiger partial charge in [-0.2, -0.15) is 4.98 Å². The lowest BCUT2D eigenvalue weighted by atomic mass is 9.83. The Morgan fingerprint density at radius 2 is 1.77 bits per heavy atom. The summed E-state index contributed by atoms with van der Waals surface area (Å²) in [4.78, 5) is 77.8. The molecule has 9 rings (SSSR count). The van der Waals surface area contributed by atoms with Gasteiger partial charge in [0.25, 0.3) is 17.4 Å². The van der Waals surface area contributed by atoms with Crippen LogP contribution >= 0.6 is 11.6 Å². The molecule has 1 saturated carbocycles. The van der Waals surface area contributed by atoms with E-state index in [0.29, 0.717) is 61.2 Å². The molecule has 5 aliphatic rings. The van der Waals surface area contributed by atoms with Crippen molar-refractivity contribution in [2.24, 2.45) is 0 Å². The Kier molecular flexibility index (Phi) is 12.5. The minimum atomic E-state index is -0.773. The molecule has 19 heteroatoms. The van der Waals surface area contributed by atoms with Gasteiger partial charge in [0, 0.05) is 60.8 Å². The predicted octanol–water partition coefficient (Wildman–Crippen LogP) is 5.29. The molecule has 1 aliphatic carbocycles. The number of nitrogens with zero attached hydrogens (tertiary/aromatic N) is 7. The van der Waals surface area contributed by atoms with Gasteiger partial charge in [0.05, 0.1) is 30.5 Å². The minimum absolute atomic E-state index is 0.0153. The molecule has 4 fully saturated rings. The van der Waals surface area contributed by atoms with Crippen LogP contribution in [0.1, 0.15) is 98.7 Å². The smallest absolute Gasteiger partial charge is 0.293 e. The fourth-order valence-corrected chi connectivity index (χ4v) is 10.0. The number of anilines is 3. The SMILES string of the molecule is CC(C)n1c(=O)c(OCC(=O)N(C)O)cc2cc(Nc3nc(N4CCC(OC5CC(N6CCC(c7ccc8c(c7F)CN(C7CCC(=O)NC7=O)C8=O)CC6)C5)CC4)ncc3Cl)ccc21. The number of hydrogen-bond donors (Lipinski definition) is 3.